The number of ether oxygens (including phenoxy) is 1. The van der Waals surface area contributed by atoms with Crippen LogP contribution in [-0.4, -0.2) is 24.1 Å². The van der Waals surface area contributed by atoms with E-state index in [2.05, 4.69) is 16.9 Å². The highest BCUT2D eigenvalue weighted by Gasteiger charge is 2.21. The van der Waals surface area contributed by atoms with Gasteiger partial charge in [0, 0.05) is 18.1 Å². The SMILES string of the molecule is C=CCNC(C(=O)OCC)c1ccc2ncccc2c1. The molecule has 0 saturated heterocycles. The van der Waals surface area contributed by atoms with Gasteiger partial charge < -0.3 is 4.74 Å². The van der Waals surface area contributed by atoms with Crippen LogP contribution in [0.2, 0.25) is 0 Å². The lowest BCUT2D eigenvalue weighted by Crippen LogP contribution is -2.30. The molecular formula is C16H18N2O2. The number of benzene rings is 1. The van der Waals surface area contributed by atoms with E-state index >= 15 is 0 Å². The van der Waals surface area contributed by atoms with Gasteiger partial charge in [-0.2, -0.15) is 0 Å². The second-order valence-electron chi connectivity index (χ2n) is 4.34. The van der Waals surface area contributed by atoms with Gasteiger partial charge in [0.05, 0.1) is 12.1 Å². The zero-order valence-corrected chi connectivity index (χ0v) is 11.5. The van der Waals surface area contributed by atoms with E-state index < -0.39 is 6.04 Å². The first-order valence-electron chi connectivity index (χ1n) is 6.62. The van der Waals surface area contributed by atoms with Crippen LogP contribution >= 0.6 is 0 Å². The number of esters is 1. The normalized spacial score (nSPS) is 12.1. The van der Waals surface area contributed by atoms with Crippen molar-refractivity contribution in [2.24, 2.45) is 0 Å². The molecule has 20 heavy (non-hydrogen) atoms. The number of nitrogens with zero attached hydrogens (tertiary/aromatic N) is 1. The van der Waals surface area contributed by atoms with Crippen molar-refractivity contribution in [1.29, 1.82) is 0 Å². The van der Waals surface area contributed by atoms with E-state index in [1.165, 1.54) is 0 Å². The smallest absolute Gasteiger partial charge is 0.327 e. The summed E-state index contributed by atoms with van der Waals surface area (Å²) in [5, 5.41) is 4.12. The van der Waals surface area contributed by atoms with Gasteiger partial charge in [0.1, 0.15) is 6.04 Å². The summed E-state index contributed by atoms with van der Waals surface area (Å²) >= 11 is 0. The molecule has 2 aromatic rings. The summed E-state index contributed by atoms with van der Waals surface area (Å²) in [5.74, 6) is -0.280. The monoisotopic (exact) mass is 270 g/mol. The van der Waals surface area contributed by atoms with Crippen molar-refractivity contribution >= 4 is 16.9 Å². The van der Waals surface area contributed by atoms with Crippen molar-refractivity contribution in [3.05, 3.63) is 54.7 Å². The summed E-state index contributed by atoms with van der Waals surface area (Å²) in [6.07, 6.45) is 3.47. The van der Waals surface area contributed by atoms with Gasteiger partial charge in [-0.15, -0.1) is 6.58 Å². The minimum Gasteiger partial charge on any atom is -0.465 e. The topological polar surface area (TPSA) is 51.2 Å². The summed E-state index contributed by atoms with van der Waals surface area (Å²) in [7, 11) is 0. The highest BCUT2D eigenvalue weighted by molar-refractivity contribution is 5.83. The lowest BCUT2D eigenvalue weighted by molar-refractivity contribution is -0.145. The summed E-state index contributed by atoms with van der Waals surface area (Å²) in [6.45, 7) is 6.35. The summed E-state index contributed by atoms with van der Waals surface area (Å²) in [5.41, 5.74) is 1.77. The number of nitrogens with one attached hydrogen (secondary N) is 1. The summed E-state index contributed by atoms with van der Waals surface area (Å²) < 4.78 is 5.12. The second-order valence-corrected chi connectivity index (χ2v) is 4.34. The lowest BCUT2D eigenvalue weighted by atomic mass is 10.0. The lowest BCUT2D eigenvalue weighted by Gasteiger charge is -2.17. The van der Waals surface area contributed by atoms with E-state index in [4.69, 9.17) is 4.74 Å². The van der Waals surface area contributed by atoms with Crippen LogP contribution in [0, 0.1) is 0 Å². The van der Waals surface area contributed by atoms with Crippen LogP contribution in [-0.2, 0) is 9.53 Å². The number of carbonyl (C=O) groups is 1. The maximum absolute atomic E-state index is 12.1. The van der Waals surface area contributed by atoms with Gasteiger partial charge in [0.15, 0.2) is 0 Å². The molecule has 1 heterocycles. The highest BCUT2D eigenvalue weighted by atomic mass is 16.5. The van der Waals surface area contributed by atoms with Gasteiger partial charge in [-0.05, 0) is 30.7 Å². The zero-order chi connectivity index (χ0) is 14.4. The fourth-order valence-electron chi connectivity index (χ4n) is 2.04. The molecule has 1 unspecified atom stereocenters. The first-order valence-corrected chi connectivity index (χ1v) is 6.62. The molecule has 1 atom stereocenters. The average Bonchev–Trinajstić information content (AvgIpc) is 2.48. The van der Waals surface area contributed by atoms with Crippen LogP contribution in [0.5, 0.6) is 0 Å². The third kappa shape index (κ3) is 3.22. The van der Waals surface area contributed by atoms with Crippen LogP contribution in [0.1, 0.15) is 18.5 Å². The van der Waals surface area contributed by atoms with Crippen molar-refractivity contribution < 1.29 is 9.53 Å². The van der Waals surface area contributed by atoms with Crippen molar-refractivity contribution in [2.75, 3.05) is 13.2 Å². The Balaban J connectivity index is 2.33. The molecule has 0 aliphatic carbocycles. The molecule has 4 heteroatoms. The van der Waals surface area contributed by atoms with Gasteiger partial charge in [-0.1, -0.05) is 18.2 Å². The predicted octanol–water partition coefficient (Wildman–Crippen LogP) is 2.61. The molecular weight excluding hydrogens is 252 g/mol. The quantitative estimate of drug-likeness (QED) is 0.647. The van der Waals surface area contributed by atoms with Gasteiger partial charge >= 0.3 is 5.97 Å². The first kappa shape index (κ1) is 14.2. The van der Waals surface area contributed by atoms with E-state index in [0.717, 1.165) is 16.5 Å². The molecule has 0 bridgehead atoms. The van der Waals surface area contributed by atoms with Crippen molar-refractivity contribution in [3.8, 4) is 0 Å². The molecule has 1 N–H and O–H groups in total. The number of fused-ring (bicyclic) bond motifs is 1. The molecule has 0 saturated carbocycles. The minimum atomic E-state index is -0.488. The third-order valence-electron chi connectivity index (χ3n) is 2.95. The molecule has 0 radical (unpaired) electrons. The Bertz CT molecular complexity index is 610. The number of rotatable bonds is 6. The van der Waals surface area contributed by atoms with Crippen LogP contribution in [0.25, 0.3) is 10.9 Å². The van der Waals surface area contributed by atoms with Crippen molar-refractivity contribution in [1.82, 2.24) is 10.3 Å². The molecule has 0 aliphatic rings. The van der Waals surface area contributed by atoms with E-state index in [0.29, 0.717) is 13.2 Å². The Kier molecular flexibility index (Phi) is 4.85. The Morgan fingerprint density at radius 2 is 2.35 bits per heavy atom. The average molecular weight is 270 g/mol. The van der Waals surface area contributed by atoms with Gasteiger partial charge in [0.25, 0.3) is 0 Å². The van der Waals surface area contributed by atoms with Gasteiger partial charge in [-0.3, -0.25) is 10.3 Å². The third-order valence-corrected chi connectivity index (χ3v) is 2.95. The molecule has 104 valence electrons. The van der Waals surface area contributed by atoms with E-state index in [1.54, 1.807) is 19.2 Å². The summed E-state index contributed by atoms with van der Waals surface area (Å²) in [6, 6.07) is 9.13. The Hall–Kier alpha value is -2.20. The number of carbonyl (C=O) groups excluding carboxylic acids is 1. The maximum atomic E-state index is 12.1. The van der Waals surface area contributed by atoms with Crippen molar-refractivity contribution in [3.63, 3.8) is 0 Å². The molecule has 0 fully saturated rings. The number of pyridine rings is 1. The first-order chi connectivity index (χ1) is 9.76. The van der Waals surface area contributed by atoms with Crippen LogP contribution in [0.4, 0.5) is 0 Å². The molecule has 1 aromatic carbocycles. The molecule has 0 amide bonds. The van der Waals surface area contributed by atoms with Gasteiger partial charge in [0.2, 0.25) is 0 Å². The minimum absolute atomic E-state index is 0.280. The highest BCUT2D eigenvalue weighted by Crippen LogP contribution is 2.20. The summed E-state index contributed by atoms with van der Waals surface area (Å²) in [4.78, 5) is 16.3. The fourth-order valence-corrected chi connectivity index (χ4v) is 2.04. The Morgan fingerprint density at radius 1 is 1.50 bits per heavy atom. The fraction of sp³-hybridized carbons (Fsp3) is 0.250. The molecule has 0 aliphatic heterocycles. The van der Waals surface area contributed by atoms with Crippen LogP contribution < -0.4 is 5.32 Å². The molecule has 4 nitrogen and oxygen atoms in total. The largest absolute Gasteiger partial charge is 0.465 e. The number of aromatic nitrogens is 1. The molecule has 2 rings (SSSR count). The van der Waals surface area contributed by atoms with E-state index in [-0.39, 0.29) is 5.97 Å². The van der Waals surface area contributed by atoms with Crippen LogP contribution in [0.3, 0.4) is 0 Å². The Morgan fingerprint density at radius 3 is 3.10 bits per heavy atom. The number of hydrogen-bond acceptors (Lipinski definition) is 4. The van der Waals surface area contributed by atoms with Crippen LogP contribution in [0.15, 0.2) is 49.2 Å². The Labute approximate surface area is 118 Å². The second kappa shape index (κ2) is 6.82. The number of hydrogen-bond donors (Lipinski definition) is 1. The van der Waals surface area contributed by atoms with Crippen molar-refractivity contribution in [2.45, 2.75) is 13.0 Å². The maximum Gasteiger partial charge on any atom is 0.327 e. The molecule has 0 spiro atoms. The van der Waals surface area contributed by atoms with Gasteiger partial charge in [-0.25, -0.2) is 4.79 Å². The predicted molar refractivity (Wildman–Crippen MR) is 79.3 cm³/mol. The van der Waals surface area contributed by atoms with E-state index in [9.17, 15) is 4.79 Å². The van der Waals surface area contributed by atoms with E-state index in [1.807, 2.05) is 30.3 Å². The standard InChI is InChI=1S/C16H18N2O2/c1-3-9-18-15(16(19)20-4-2)13-7-8-14-12(11-13)6-5-10-17-14/h3,5-8,10-11,15,18H,1,4,9H2,2H3. The zero-order valence-electron chi connectivity index (χ0n) is 11.5. The molecule has 1 aromatic heterocycles.